The molecule has 0 aliphatic carbocycles. The van der Waals surface area contributed by atoms with Crippen LogP contribution in [0.15, 0.2) is 48.5 Å². The van der Waals surface area contributed by atoms with E-state index in [0.717, 1.165) is 25.2 Å². The normalized spacial score (nSPS) is 11.2. The van der Waals surface area contributed by atoms with Gasteiger partial charge in [0.1, 0.15) is 0 Å². The molecule has 0 saturated carbocycles. The molecular formula is C17H20ClIO. The van der Waals surface area contributed by atoms with E-state index < -0.39 is 18.7 Å². The Morgan fingerprint density at radius 2 is 1.50 bits per heavy atom. The molecule has 0 amide bonds. The molecule has 2 aromatic carbocycles. The maximum absolute atomic E-state index is 6.68. The SMILES string of the molecule is CCCCOc1ccc(I(Cl)c2ccc(C)cc2)cc1. The fourth-order valence-corrected chi connectivity index (χ4v) is 5.72. The Balaban J connectivity index is 2.03. The first kappa shape index (κ1) is 15.6. The molecule has 0 radical (unpaired) electrons. The predicted molar refractivity (Wildman–Crippen MR) is 95.3 cm³/mol. The predicted octanol–water partition coefficient (Wildman–Crippen LogP) is 5.87. The number of unbranched alkanes of at least 4 members (excludes halogenated alkanes) is 1. The molecule has 0 aromatic heterocycles. The molecule has 108 valence electrons. The number of hydrogen-bond acceptors (Lipinski definition) is 1. The van der Waals surface area contributed by atoms with Crippen LogP contribution in [0.2, 0.25) is 0 Å². The summed E-state index contributed by atoms with van der Waals surface area (Å²) < 4.78 is 8.21. The van der Waals surface area contributed by atoms with Crippen molar-refractivity contribution in [3.05, 3.63) is 61.2 Å². The summed E-state index contributed by atoms with van der Waals surface area (Å²) in [7, 11) is 6.68. The minimum atomic E-state index is -1.76. The Kier molecular flexibility index (Phi) is 6.17. The quantitative estimate of drug-likeness (QED) is 0.433. The van der Waals surface area contributed by atoms with Gasteiger partial charge in [-0.15, -0.1) is 0 Å². The molecule has 0 saturated heterocycles. The molecule has 2 aromatic rings. The third-order valence-electron chi connectivity index (χ3n) is 2.97. The Bertz CT molecular complexity index is 522. The van der Waals surface area contributed by atoms with Gasteiger partial charge in [0, 0.05) is 0 Å². The Labute approximate surface area is 132 Å². The van der Waals surface area contributed by atoms with E-state index in [1.165, 1.54) is 12.7 Å². The molecule has 0 N–H and O–H groups in total. The second kappa shape index (κ2) is 7.89. The van der Waals surface area contributed by atoms with Crippen LogP contribution in [0, 0.1) is 14.1 Å². The van der Waals surface area contributed by atoms with Crippen LogP contribution in [-0.2, 0) is 0 Å². The van der Waals surface area contributed by atoms with E-state index in [9.17, 15) is 0 Å². The number of aryl methyl sites for hydroxylation is 1. The third kappa shape index (κ3) is 4.38. The summed E-state index contributed by atoms with van der Waals surface area (Å²) in [5, 5.41) is 0. The summed E-state index contributed by atoms with van der Waals surface area (Å²) in [5.74, 6) is 0.937. The topological polar surface area (TPSA) is 9.23 Å². The van der Waals surface area contributed by atoms with Crippen molar-refractivity contribution in [3.8, 4) is 5.75 Å². The molecule has 0 spiro atoms. The van der Waals surface area contributed by atoms with Gasteiger partial charge in [-0.1, -0.05) is 0 Å². The van der Waals surface area contributed by atoms with Crippen molar-refractivity contribution < 1.29 is 4.74 Å². The van der Waals surface area contributed by atoms with Crippen LogP contribution in [0.3, 0.4) is 0 Å². The summed E-state index contributed by atoms with van der Waals surface area (Å²) in [4.78, 5) is 0. The van der Waals surface area contributed by atoms with Crippen LogP contribution in [0.25, 0.3) is 0 Å². The van der Waals surface area contributed by atoms with Crippen LogP contribution in [-0.4, -0.2) is 6.61 Å². The Morgan fingerprint density at radius 3 is 2.05 bits per heavy atom. The molecule has 2 rings (SSSR count). The second-order valence-corrected chi connectivity index (χ2v) is 10.5. The van der Waals surface area contributed by atoms with Crippen molar-refractivity contribution in [2.45, 2.75) is 26.7 Å². The molecule has 3 heteroatoms. The monoisotopic (exact) mass is 402 g/mol. The number of hydrogen-bond donors (Lipinski definition) is 0. The molecule has 0 fully saturated rings. The van der Waals surface area contributed by atoms with Gasteiger partial charge in [-0.2, -0.15) is 0 Å². The zero-order valence-electron chi connectivity index (χ0n) is 11.9. The Morgan fingerprint density at radius 1 is 0.950 bits per heavy atom. The Hall–Kier alpha value is -0.740. The van der Waals surface area contributed by atoms with Crippen molar-refractivity contribution in [3.63, 3.8) is 0 Å². The van der Waals surface area contributed by atoms with Gasteiger partial charge in [-0.05, 0) is 0 Å². The number of ether oxygens (including phenoxy) is 1. The van der Waals surface area contributed by atoms with E-state index in [0.29, 0.717) is 0 Å². The van der Waals surface area contributed by atoms with E-state index in [4.69, 9.17) is 13.6 Å². The van der Waals surface area contributed by atoms with Crippen LogP contribution in [0.4, 0.5) is 0 Å². The van der Waals surface area contributed by atoms with Crippen LogP contribution in [0.5, 0.6) is 5.75 Å². The zero-order valence-corrected chi connectivity index (χ0v) is 14.8. The first-order valence-electron chi connectivity index (χ1n) is 6.86. The molecule has 0 aliphatic heterocycles. The van der Waals surface area contributed by atoms with Gasteiger partial charge in [-0.25, -0.2) is 0 Å². The van der Waals surface area contributed by atoms with Crippen LogP contribution >= 0.6 is 27.6 Å². The van der Waals surface area contributed by atoms with Gasteiger partial charge in [0.05, 0.1) is 0 Å². The zero-order chi connectivity index (χ0) is 14.4. The summed E-state index contributed by atoms with van der Waals surface area (Å²) in [5.41, 5.74) is 1.27. The summed E-state index contributed by atoms with van der Waals surface area (Å²) >= 11 is -1.76. The van der Waals surface area contributed by atoms with E-state index >= 15 is 0 Å². The van der Waals surface area contributed by atoms with Gasteiger partial charge < -0.3 is 0 Å². The molecule has 0 bridgehead atoms. The van der Waals surface area contributed by atoms with Crippen molar-refractivity contribution in [2.24, 2.45) is 0 Å². The average molecular weight is 403 g/mol. The second-order valence-electron chi connectivity index (χ2n) is 4.69. The van der Waals surface area contributed by atoms with Gasteiger partial charge in [0.2, 0.25) is 0 Å². The third-order valence-corrected chi connectivity index (χ3v) is 8.81. The molecule has 20 heavy (non-hydrogen) atoms. The van der Waals surface area contributed by atoms with Crippen molar-refractivity contribution in [2.75, 3.05) is 6.61 Å². The van der Waals surface area contributed by atoms with Crippen LogP contribution in [0.1, 0.15) is 25.3 Å². The first-order valence-corrected chi connectivity index (χ1v) is 11.8. The minimum absolute atomic E-state index is 0.789. The van der Waals surface area contributed by atoms with Gasteiger partial charge in [0.15, 0.2) is 0 Å². The van der Waals surface area contributed by atoms with Crippen molar-refractivity contribution in [1.82, 2.24) is 0 Å². The van der Waals surface area contributed by atoms with Gasteiger partial charge >= 0.3 is 133 Å². The average Bonchev–Trinajstić information content (AvgIpc) is 2.48. The number of benzene rings is 2. The van der Waals surface area contributed by atoms with Crippen molar-refractivity contribution >= 4 is 27.6 Å². The molecular weight excluding hydrogens is 383 g/mol. The van der Waals surface area contributed by atoms with Crippen molar-refractivity contribution in [1.29, 1.82) is 0 Å². The standard InChI is InChI=1S/C17H20ClIO/c1-3-4-13-20-17-11-9-16(10-12-17)19(18)15-7-5-14(2)6-8-15/h5-12H,3-4,13H2,1-2H3. The first-order chi connectivity index (χ1) is 9.70. The van der Waals surface area contributed by atoms with E-state index in [-0.39, 0.29) is 0 Å². The fourth-order valence-electron chi connectivity index (χ4n) is 1.75. The summed E-state index contributed by atoms with van der Waals surface area (Å²) in [6, 6.07) is 16.8. The summed E-state index contributed by atoms with van der Waals surface area (Å²) in [6.45, 7) is 5.05. The van der Waals surface area contributed by atoms with E-state index in [1.54, 1.807) is 0 Å². The molecule has 1 nitrogen and oxygen atoms in total. The number of halogens is 2. The molecule has 0 aliphatic rings. The van der Waals surface area contributed by atoms with Gasteiger partial charge in [-0.3, -0.25) is 0 Å². The van der Waals surface area contributed by atoms with Crippen LogP contribution < -0.4 is 4.74 Å². The van der Waals surface area contributed by atoms with Gasteiger partial charge in [0.25, 0.3) is 0 Å². The number of rotatable bonds is 6. The maximum atomic E-state index is 6.68. The molecule has 0 heterocycles. The molecule has 0 atom stereocenters. The summed E-state index contributed by atoms with van der Waals surface area (Å²) in [6.07, 6.45) is 2.25. The van der Waals surface area contributed by atoms with E-state index in [1.807, 2.05) is 12.1 Å². The molecule has 0 unspecified atom stereocenters. The van der Waals surface area contributed by atoms with E-state index in [2.05, 4.69) is 50.2 Å². The fraction of sp³-hybridized carbons (Fsp3) is 0.294.